The molecule has 1 aromatic carbocycles. The van der Waals surface area contributed by atoms with E-state index in [4.69, 9.17) is 5.73 Å². The van der Waals surface area contributed by atoms with Crippen LogP contribution < -0.4 is 5.73 Å². The van der Waals surface area contributed by atoms with E-state index in [0.29, 0.717) is 0 Å². The summed E-state index contributed by atoms with van der Waals surface area (Å²) in [5.41, 5.74) is 7.46. The summed E-state index contributed by atoms with van der Waals surface area (Å²) in [6, 6.07) is 5.79. The number of thiol groups is 1. The molecule has 49 valence electrons. The Kier molecular flexibility index (Phi) is 5.28. The van der Waals surface area contributed by atoms with Crippen LogP contribution in [0.3, 0.4) is 0 Å². The summed E-state index contributed by atoms with van der Waals surface area (Å²) < 4.78 is 0. The van der Waals surface area contributed by atoms with Crippen LogP contribution in [0.2, 0.25) is 0 Å². The molecule has 3 heteroatoms. The molecule has 0 atom stereocenters. The molecule has 0 saturated heterocycles. The second-order valence-electron chi connectivity index (χ2n) is 2.06. The summed E-state index contributed by atoms with van der Waals surface area (Å²) in [4.78, 5) is 0.848. The predicted molar refractivity (Wildman–Crippen MR) is 48.6 cm³/mol. The van der Waals surface area contributed by atoms with Gasteiger partial charge in [-0.2, -0.15) is 0 Å². The molecule has 0 aromatic heterocycles. The summed E-state index contributed by atoms with van der Waals surface area (Å²) >= 11 is 4.12. The SMILES string of the molecule is Cc1ccc(S)c(N)c1.[K]. The second-order valence-corrected chi connectivity index (χ2v) is 2.54. The van der Waals surface area contributed by atoms with E-state index in [1.54, 1.807) is 0 Å². The molecule has 0 fully saturated rings. The largest absolute Gasteiger partial charge is 0.398 e. The van der Waals surface area contributed by atoms with Gasteiger partial charge in [0.05, 0.1) is 0 Å². The fourth-order valence-corrected chi connectivity index (χ4v) is 0.813. The number of benzene rings is 1. The van der Waals surface area contributed by atoms with Gasteiger partial charge in [0.2, 0.25) is 0 Å². The Bertz CT molecular complexity index is 225. The van der Waals surface area contributed by atoms with Gasteiger partial charge < -0.3 is 5.73 Å². The van der Waals surface area contributed by atoms with Gasteiger partial charge in [0, 0.05) is 62.0 Å². The van der Waals surface area contributed by atoms with Gasteiger partial charge in [-0.1, -0.05) is 6.07 Å². The van der Waals surface area contributed by atoms with E-state index in [1.807, 2.05) is 25.1 Å². The van der Waals surface area contributed by atoms with Crippen molar-refractivity contribution in [2.45, 2.75) is 11.8 Å². The molecule has 0 amide bonds. The third-order valence-corrected chi connectivity index (χ3v) is 1.59. The zero-order valence-electron chi connectivity index (χ0n) is 6.26. The van der Waals surface area contributed by atoms with Crippen LogP contribution in [0.5, 0.6) is 0 Å². The summed E-state index contributed by atoms with van der Waals surface area (Å²) in [5, 5.41) is 0. The van der Waals surface area contributed by atoms with Crippen LogP contribution in [-0.4, -0.2) is 51.4 Å². The summed E-state index contributed by atoms with van der Waals surface area (Å²) in [7, 11) is 0. The van der Waals surface area contributed by atoms with Gasteiger partial charge in [-0.25, -0.2) is 0 Å². The van der Waals surface area contributed by atoms with Crippen LogP contribution >= 0.6 is 12.6 Å². The number of aryl methyl sites for hydroxylation is 1. The van der Waals surface area contributed by atoms with Crippen LogP contribution in [0.25, 0.3) is 0 Å². The van der Waals surface area contributed by atoms with Crippen molar-refractivity contribution in [3.63, 3.8) is 0 Å². The molecule has 0 aliphatic rings. The number of hydrogen-bond acceptors (Lipinski definition) is 2. The van der Waals surface area contributed by atoms with Gasteiger partial charge in [0.25, 0.3) is 0 Å². The van der Waals surface area contributed by atoms with Crippen molar-refractivity contribution >= 4 is 69.7 Å². The Hall–Kier alpha value is 1.01. The van der Waals surface area contributed by atoms with E-state index in [0.717, 1.165) is 10.6 Å². The number of hydrogen-bond donors (Lipinski definition) is 2. The maximum Gasteiger partial charge on any atom is 0.0452 e. The van der Waals surface area contributed by atoms with E-state index >= 15 is 0 Å². The van der Waals surface area contributed by atoms with E-state index < -0.39 is 0 Å². The summed E-state index contributed by atoms with van der Waals surface area (Å²) in [6.45, 7) is 2.00. The van der Waals surface area contributed by atoms with Gasteiger partial charge in [-0.15, -0.1) is 12.6 Å². The molecule has 1 nitrogen and oxygen atoms in total. The Labute approximate surface area is 109 Å². The van der Waals surface area contributed by atoms with Crippen molar-refractivity contribution in [3.05, 3.63) is 23.8 Å². The van der Waals surface area contributed by atoms with Gasteiger partial charge in [0.15, 0.2) is 0 Å². The third-order valence-electron chi connectivity index (χ3n) is 1.18. The zero-order valence-corrected chi connectivity index (χ0v) is 10.3. The minimum absolute atomic E-state index is 0. The molecule has 0 bridgehead atoms. The van der Waals surface area contributed by atoms with Crippen LogP contribution in [0.1, 0.15) is 5.56 Å². The average Bonchev–Trinajstić information content (AvgIpc) is 1.80. The molecular weight excluding hydrogens is 169 g/mol. The first-order valence-electron chi connectivity index (χ1n) is 2.75. The smallest absolute Gasteiger partial charge is 0.0452 e. The third kappa shape index (κ3) is 2.94. The quantitative estimate of drug-likeness (QED) is 0.351. The molecule has 0 aliphatic carbocycles. The maximum atomic E-state index is 5.54. The minimum Gasteiger partial charge on any atom is -0.398 e. The number of rotatable bonds is 0. The molecule has 2 N–H and O–H groups in total. The van der Waals surface area contributed by atoms with Gasteiger partial charge in [-0.05, 0) is 24.6 Å². The first-order valence-corrected chi connectivity index (χ1v) is 3.20. The van der Waals surface area contributed by atoms with Crippen LogP contribution in [0.4, 0.5) is 5.69 Å². The molecule has 10 heavy (non-hydrogen) atoms. The Morgan fingerprint density at radius 2 is 2.00 bits per heavy atom. The monoisotopic (exact) mass is 178 g/mol. The van der Waals surface area contributed by atoms with Gasteiger partial charge in [0.1, 0.15) is 0 Å². The Balaban J connectivity index is 0.000000810. The predicted octanol–water partition coefficient (Wildman–Crippen LogP) is 1.49. The number of nitrogens with two attached hydrogens (primary N) is 1. The van der Waals surface area contributed by atoms with Gasteiger partial charge in [-0.3, -0.25) is 0 Å². The first-order chi connectivity index (χ1) is 4.20. The van der Waals surface area contributed by atoms with Crippen molar-refractivity contribution in [3.8, 4) is 0 Å². The van der Waals surface area contributed by atoms with Gasteiger partial charge >= 0.3 is 0 Å². The number of nitrogen functional groups attached to an aromatic ring is 1. The molecule has 1 radical (unpaired) electrons. The topological polar surface area (TPSA) is 26.0 Å². The molecule has 1 aromatic rings. The van der Waals surface area contributed by atoms with E-state index in [-0.39, 0.29) is 51.4 Å². The Morgan fingerprint density at radius 3 is 2.40 bits per heavy atom. The van der Waals surface area contributed by atoms with Crippen molar-refractivity contribution in [2.24, 2.45) is 0 Å². The minimum atomic E-state index is 0. The molecule has 0 saturated carbocycles. The Morgan fingerprint density at radius 1 is 1.40 bits per heavy atom. The normalized spacial score (nSPS) is 8.60. The fourth-order valence-electron chi connectivity index (χ4n) is 0.674. The van der Waals surface area contributed by atoms with Crippen molar-refractivity contribution in [1.82, 2.24) is 0 Å². The molecule has 1 rings (SSSR count). The molecule has 0 spiro atoms. The van der Waals surface area contributed by atoms with Crippen LogP contribution in [0, 0.1) is 6.92 Å². The van der Waals surface area contributed by atoms with Crippen molar-refractivity contribution < 1.29 is 0 Å². The molecule has 0 unspecified atom stereocenters. The fraction of sp³-hybridized carbons (Fsp3) is 0.143. The van der Waals surface area contributed by atoms with Crippen LogP contribution in [0.15, 0.2) is 23.1 Å². The molecule has 0 heterocycles. The second kappa shape index (κ2) is 4.80. The summed E-state index contributed by atoms with van der Waals surface area (Å²) in [5.74, 6) is 0. The van der Waals surface area contributed by atoms with E-state index in [1.165, 1.54) is 5.56 Å². The zero-order chi connectivity index (χ0) is 6.85. The van der Waals surface area contributed by atoms with Crippen molar-refractivity contribution in [1.29, 1.82) is 0 Å². The van der Waals surface area contributed by atoms with Crippen molar-refractivity contribution in [2.75, 3.05) is 5.73 Å². The van der Waals surface area contributed by atoms with E-state index in [9.17, 15) is 0 Å². The molecule has 0 aliphatic heterocycles. The number of anilines is 1. The first kappa shape index (κ1) is 11.0. The standard InChI is InChI=1S/C7H9NS.K/c1-5-2-3-7(9)6(8)4-5;/h2-4,9H,8H2,1H3;. The van der Waals surface area contributed by atoms with Crippen LogP contribution in [-0.2, 0) is 0 Å². The summed E-state index contributed by atoms with van der Waals surface area (Å²) in [6.07, 6.45) is 0. The molecular formula is C7H9KNS. The maximum absolute atomic E-state index is 5.54. The average molecular weight is 178 g/mol. The van der Waals surface area contributed by atoms with E-state index in [2.05, 4.69) is 12.6 Å².